The van der Waals surface area contributed by atoms with Crippen molar-refractivity contribution in [3.05, 3.63) is 76.1 Å². The third-order valence-electron chi connectivity index (χ3n) is 4.27. The van der Waals surface area contributed by atoms with Crippen molar-refractivity contribution in [2.45, 2.75) is 32.9 Å². The molecule has 0 radical (unpaired) electrons. The second-order valence-electron chi connectivity index (χ2n) is 6.34. The minimum Gasteiger partial charge on any atom is -0.423 e. The number of rotatable bonds is 6. The highest BCUT2D eigenvalue weighted by Gasteiger charge is 2.14. The summed E-state index contributed by atoms with van der Waals surface area (Å²) in [5, 5.41) is 10.8. The van der Waals surface area contributed by atoms with E-state index in [2.05, 4.69) is 17.9 Å². The molecule has 0 aliphatic carbocycles. The van der Waals surface area contributed by atoms with E-state index in [1.54, 1.807) is 13.0 Å². The van der Waals surface area contributed by atoms with Crippen LogP contribution in [-0.4, -0.2) is 17.8 Å². The van der Waals surface area contributed by atoms with E-state index in [0.717, 1.165) is 28.6 Å². The third kappa shape index (κ3) is 4.09. The molecule has 0 saturated carbocycles. The molecule has 4 nitrogen and oxygen atoms in total. The molecule has 0 amide bonds. The molecule has 3 rings (SSSR count). The van der Waals surface area contributed by atoms with Crippen molar-refractivity contribution in [2.75, 3.05) is 11.4 Å². The van der Waals surface area contributed by atoms with Crippen LogP contribution in [0.5, 0.6) is 0 Å². The summed E-state index contributed by atoms with van der Waals surface area (Å²) in [6, 6.07) is 17.5. The number of aryl methyl sites for hydroxylation is 1. The Morgan fingerprint density at radius 2 is 1.88 bits per heavy atom. The Morgan fingerprint density at radius 1 is 1.12 bits per heavy atom. The Kier molecular flexibility index (Phi) is 5.19. The lowest BCUT2D eigenvalue weighted by Gasteiger charge is -2.26. The van der Waals surface area contributed by atoms with Gasteiger partial charge in [-0.1, -0.05) is 37.3 Å². The number of fused-ring (bicyclic) bond motifs is 1. The maximum Gasteiger partial charge on any atom is 0.336 e. The second-order valence-corrected chi connectivity index (χ2v) is 6.34. The van der Waals surface area contributed by atoms with Crippen LogP contribution in [0.4, 0.5) is 5.69 Å². The van der Waals surface area contributed by atoms with Gasteiger partial charge in [0, 0.05) is 30.2 Å². The lowest BCUT2D eigenvalue weighted by molar-refractivity contribution is 0.199. The zero-order valence-electron chi connectivity index (χ0n) is 14.6. The summed E-state index contributed by atoms with van der Waals surface area (Å²) in [6.07, 6.45) is 0.417. The highest BCUT2D eigenvalue weighted by atomic mass is 16.4. The van der Waals surface area contributed by atoms with Gasteiger partial charge < -0.3 is 14.4 Å². The Labute approximate surface area is 147 Å². The van der Waals surface area contributed by atoms with Crippen LogP contribution in [0.15, 0.2) is 63.8 Å². The van der Waals surface area contributed by atoms with Crippen molar-refractivity contribution >= 4 is 16.7 Å². The molecule has 1 unspecified atom stereocenters. The number of benzene rings is 2. The van der Waals surface area contributed by atoms with Crippen LogP contribution < -0.4 is 10.5 Å². The van der Waals surface area contributed by atoms with Gasteiger partial charge in [0.25, 0.3) is 0 Å². The first kappa shape index (κ1) is 17.2. The van der Waals surface area contributed by atoms with Gasteiger partial charge in [-0.25, -0.2) is 4.79 Å². The Balaban J connectivity index is 2.03. The van der Waals surface area contributed by atoms with Gasteiger partial charge in [0.15, 0.2) is 0 Å². The summed E-state index contributed by atoms with van der Waals surface area (Å²) >= 11 is 0. The maximum absolute atomic E-state index is 12.0. The van der Waals surface area contributed by atoms with Crippen LogP contribution in [0.1, 0.15) is 25.0 Å². The number of nitrogens with zero attached hydrogens (tertiary/aromatic N) is 1. The summed E-state index contributed by atoms with van der Waals surface area (Å²) in [4.78, 5) is 14.1. The highest BCUT2D eigenvalue weighted by molar-refractivity contribution is 5.81. The predicted octanol–water partition coefficient (Wildman–Crippen LogP) is 3.74. The second kappa shape index (κ2) is 7.53. The molecule has 0 fully saturated rings. The van der Waals surface area contributed by atoms with Gasteiger partial charge in [-0.2, -0.15) is 0 Å². The SMILES string of the molecule is CCc1ccc2c(CN(CC(C)O)c3ccccc3)cc(=O)oc2c1. The molecule has 0 aliphatic rings. The van der Waals surface area contributed by atoms with Crippen LogP contribution in [0.2, 0.25) is 0 Å². The fourth-order valence-corrected chi connectivity index (χ4v) is 3.05. The summed E-state index contributed by atoms with van der Waals surface area (Å²) in [5.41, 5.74) is 3.32. The van der Waals surface area contributed by atoms with Crippen LogP contribution in [0.3, 0.4) is 0 Å². The first-order valence-electron chi connectivity index (χ1n) is 8.60. The molecule has 0 saturated heterocycles. The fourth-order valence-electron chi connectivity index (χ4n) is 3.05. The van der Waals surface area contributed by atoms with Crippen LogP contribution in [0, 0.1) is 0 Å². The van der Waals surface area contributed by atoms with Gasteiger partial charge in [-0.3, -0.25) is 0 Å². The molecule has 1 aromatic heterocycles. The molecule has 130 valence electrons. The van der Waals surface area contributed by atoms with Gasteiger partial charge in [0.2, 0.25) is 0 Å². The largest absolute Gasteiger partial charge is 0.423 e. The molecular weight excluding hydrogens is 314 g/mol. The van der Waals surface area contributed by atoms with E-state index in [4.69, 9.17) is 4.42 Å². The summed E-state index contributed by atoms with van der Waals surface area (Å²) in [6.45, 7) is 4.85. The summed E-state index contributed by atoms with van der Waals surface area (Å²) in [7, 11) is 0. The molecular formula is C21H23NO3. The molecule has 1 heterocycles. The first-order valence-corrected chi connectivity index (χ1v) is 8.60. The Hall–Kier alpha value is -2.59. The van der Waals surface area contributed by atoms with E-state index < -0.39 is 6.10 Å². The zero-order valence-corrected chi connectivity index (χ0v) is 14.6. The third-order valence-corrected chi connectivity index (χ3v) is 4.27. The van der Waals surface area contributed by atoms with E-state index >= 15 is 0 Å². The lowest BCUT2D eigenvalue weighted by Crippen LogP contribution is -2.30. The van der Waals surface area contributed by atoms with Crippen molar-refractivity contribution in [3.63, 3.8) is 0 Å². The predicted molar refractivity (Wildman–Crippen MR) is 101 cm³/mol. The molecule has 1 atom stereocenters. The average Bonchev–Trinajstić information content (AvgIpc) is 2.60. The normalized spacial score (nSPS) is 12.3. The van der Waals surface area contributed by atoms with Crippen molar-refractivity contribution < 1.29 is 9.52 Å². The van der Waals surface area contributed by atoms with E-state index in [0.29, 0.717) is 18.7 Å². The van der Waals surface area contributed by atoms with E-state index in [-0.39, 0.29) is 5.63 Å². The standard InChI is InChI=1S/C21H23NO3/c1-3-16-9-10-19-17(12-21(24)25-20(19)11-16)14-22(13-15(2)23)18-7-5-4-6-8-18/h4-12,15,23H,3,13-14H2,1-2H3. The van der Waals surface area contributed by atoms with Crippen molar-refractivity contribution in [1.82, 2.24) is 0 Å². The molecule has 1 N–H and O–H groups in total. The van der Waals surface area contributed by atoms with Crippen LogP contribution in [-0.2, 0) is 13.0 Å². The van der Waals surface area contributed by atoms with Crippen molar-refractivity contribution in [1.29, 1.82) is 0 Å². The first-order chi connectivity index (χ1) is 12.1. The van der Waals surface area contributed by atoms with Crippen LogP contribution in [0.25, 0.3) is 11.0 Å². The average molecular weight is 337 g/mol. The lowest BCUT2D eigenvalue weighted by atomic mass is 10.1. The number of aliphatic hydroxyl groups excluding tert-OH is 1. The topological polar surface area (TPSA) is 53.7 Å². The fraction of sp³-hybridized carbons (Fsp3) is 0.286. The van der Waals surface area contributed by atoms with E-state index in [9.17, 15) is 9.90 Å². The zero-order chi connectivity index (χ0) is 17.8. The minimum atomic E-state index is -0.474. The molecule has 0 bridgehead atoms. The highest BCUT2D eigenvalue weighted by Crippen LogP contribution is 2.23. The number of hydrogen-bond acceptors (Lipinski definition) is 4. The molecule has 2 aromatic carbocycles. The molecule has 0 aliphatic heterocycles. The van der Waals surface area contributed by atoms with Gasteiger partial charge in [0.1, 0.15) is 5.58 Å². The smallest absolute Gasteiger partial charge is 0.336 e. The van der Waals surface area contributed by atoms with Gasteiger partial charge in [-0.15, -0.1) is 0 Å². The number of para-hydroxylation sites is 1. The molecule has 25 heavy (non-hydrogen) atoms. The van der Waals surface area contributed by atoms with Crippen LogP contribution >= 0.6 is 0 Å². The van der Waals surface area contributed by atoms with E-state index in [1.165, 1.54) is 0 Å². The summed E-state index contributed by atoms with van der Waals surface area (Å²) in [5.74, 6) is 0. The monoisotopic (exact) mass is 337 g/mol. The number of aliphatic hydroxyl groups is 1. The maximum atomic E-state index is 12.0. The van der Waals surface area contributed by atoms with Gasteiger partial charge in [0.05, 0.1) is 6.10 Å². The molecule has 3 aromatic rings. The van der Waals surface area contributed by atoms with Crippen molar-refractivity contribution in [3.8, 4) is 0 Å². The Morgan fingerprint density at radius 3 is 2.56 bits per heavy atom. The van der Waals surface area contributed by atoms with Crippen molar-refractivity contribution in [2.24, 2.45) is 0 Å². The Bertz CT molecular complexity index is 900. The summed E-state index contributed by atoms with van der Waals surface area (Å²) < 4.78 is 5.39. The molecule has 0 spiro atoms. The number of hydrogen-bond donors (Lipinski definition) is 1. The quantitative estimate of drug-likeness (QED) is 0.696. The molecule has 4 heteroatoms. The van der Waals surface area contributed by atoms with E-state index in [1.807, 2.05) is 42.5 Å². The van der Waals surface area contributed by atoms with Gasteiger partial charge >= 0.3 is 5.63 Å². The van der Waals surface area contributed by atoms with Gasteiger partial charge in [-0.05, 0) is 42.7 Å². The minimum absolute atomic E-state index is 0.346. The number of anilines is 1.